The summed E-state index contributed by atoms with van der Waals surface area (Å²) in [6.45, 7) is 4.54. The van der Waals surface area contributed by atoms with E-state index in [2.05, 4.69) is 13.8 Å². The summed E-state index contributed by atoms with van der Waals surface area (Å²) in [7, 11) is 0. The number of Topliss-reactive ketones (excluding diaryl/α,β-unsaturated/α-hetero) is 1. The standard InChI is InChI=1S/2C18H36O2.C14H12O2/c2*1-2-3-4-5-6-7-8-9-10-11-12-13-14-15-16-17-18(19)20;15-13(11-7-3-1-4-8-11)14(16)12-9-5-2-6-10-12/h2*2-17H2,1H3,(H,19,20);1-10,13,15H. The second-order valence-electron chi connectivity index (χ2n) is 15.7. The van der Waals surface area contributed by atoms with Crippen LogP contribution in [0.25, 0.3) is 0 Å². The lowest BCUT2D eigenvalue weighted by Crippen LogP contribution is -2.11. The van der Waals surface area contributed by atoms with Crippen molar-refractivity contribution in [3.8, 4) is 0 Å². The van der Waals surface area contributed by atoms with Gasteiger partial charge in [-0.05, 0) is 18.4 Å². The quantitative estimate of drug-likeness (QED) is 0.0474. The number of benzene rings is 2. The molecule has 1 unspecified atom stereocenters. The Balaban J connectivity index is 0.000000814. The summed E-state index contributed by atoms with van der Waals surface area (Å²) in [5.41, 5.74) is 1.15. The number of carbonyl (C=O) groups excluding carboxylic acids is 1. The molecule has 0 spiro atoms. The molecule has 0 aromatic heterocycles. The number of rotatable bonds is 35. The van der Waals surface area contributed by atoms with Crippen molar-refractivity contribution in [2.75, 3.05) is 0 Å². The molecule has 1 atom stereocenters. The predicted molar refractivity (Wildman–Crippen MR) is 237 cm³/mol. The van der Waals surface area contributed by atoms with E-state index in [4.69, 9.17) is 10.2 Å². The first-order chi connectivity index (χ1) is 27.3. The van der Waals surface area contributed by atoms with Gasteiger partial charge in [-0.2, -0.15) is 0 Å². The number of aliphatic hydroxyl groups excluding tert-OH is 1. The van der Waals surface area contributed by atoms with Gasteiger partial charge in [0, 0.05) is 18.4 Å². The molecule has 0 bridgehead atoms. The van der Waals surface area contributed by atoms with Crippen LogP contribution in [0.4, 0.5) is 0 Å². The molecule has 6 nitrogen and oxygen atoms in total. The Morgan fingerprint density at radius 3 is 0.911 bits per heavy atom. The zero-order chi connectivity index (χ0) is 41.2. The predicted octanol–water partition coefficient (Wildman–Crippen LogP) is 15.3. The molecule has 0 radical (unpaired) electrons. The number of hydrogen-bond donors (Lipinski definition) is 3. The van der Waals surface area contributed by atoms with E-state index in [9.17, 15) is 19.5 Å². The van der Waals surface area contributed by atoms with E-state index in [1.165, 1.54) is 167 Å². The summed E-state index contributed by atoms with van der Waals surface area (Å²) >= 11 is 0. The maximum atomic E-state index is 11.9. The fourth-order valence-electron chi connectivity index (χ4n) is 6.84. The van der Waals surface area contributed by atoms with Crippen molar-refractivity contribution in [3.05, 3.63) is 71.8 Å². The summed E-state index contributed by atoms with van der Waals surface area (Å²) in [6.07, 6.45) is 39.3. The largest absolute Gasteiger partial charge is 0.481 e. The third kappa shape index (κ3) is 36.6. The van der Waals surface area contributed by atoms with E-state index in [1.54, 1.807) is 48.5 Å². The summed E-state index contributed by atoms with van der Waals surface area (Å²) < 4.78 is 0. The van der Waals surface area contributed by atoms with Crippen molar-refractivity contribution in [3.63, 3.8) is 0 Å². The Kier molecular flexibility index (Phi) is 39.4. The molecule has 0 saturated heterocycles. The lowest BCUT2D eigenvalue weighted by Gasteiger charge is -2.09. The molecule has 0 heterocycles. The lowest BCUT2D eigenvalue weighted by atomic mass is 10.0. The van der Waals surface area contributed by atoms with E-state index in [1.807, 2.05) is 12.1 Å². The van der Waals surface area contributed by atoms with Crippen LogP contribution in [-0.4, -0.2) is 33.0 Å². The highest BCUT2D eigenvalue weighted by atomic mass is 16.4. The molecule has 3 N–H and O–H groups in total. The molecular weight excluding hydrogens is 697 g/mol. The van der Waals surface area contributed by atoms with Gasteiger partial charge in [0.2, 0.25) is 0 Å². The molecule has 0 saturated carbocycles. The van der Waals surface area contributed by atoms with Crippen LogP contribution in [-0.2, 0) is 9.59 Å². The third-order valence-corrected chi connectivity index (χ3v) is 10.4. The second-order valence-corrected chi connectivity index (χ2v) is 15.7. The highest BCUT2D eigenvalue weighted by Gasteiger charge is 2.18. The van der Waals surface area contributed by atoms with Gasteiger partial charge in [0.05, 0.1) is 0 Å². The highest BCUT2D eigenvalue weighted by Crippen LogP contribution is 2.18. The van der Waals surface area contributed by atoms with Gasteiger partial charge in [0.1, 0.15) is 6.10 Å². The molecular formula is C50H84O6. The van der Waals surface area contributed by atoms with Gasteiger partial charge in [-0.15, -0.1) is 0 Å². The molecule has 0 aliphatic heterocycles. The van der Waals surface area contributed by atoms with Gasteiger partial charge in [-0.3, -0.25) is 14.4 Å². The number of carboxylic acid groups (broad SMARTS) is 2. The van der Waals surface area contributed by atoms with E-state index in [0.29, 0.717) is 24.0 Å². The van der Waals surface area contributed by atoms with Crippen LogP contribution in [0.3, 0.4) is 0 Å². The first-order valence-electron chi connectivity index (χ1n) is 23.1. The van der Waals surface area contributed by atoms with E-state index in [0.717, 1.165) is 25.7 Å². The van der Waals surface area contributed by atoms with Gasteiger partial charge >= 0.3 is 11.9 Å². The minimum atomic E-state index is -1.08. The van der Waals surface area contributed by atoms with E-state index in [-0.39, 0.29) is 5.78 Å². The number of ketones is 1. The van der Waals surface area contributed by atoms with E-state index < -0.39 is 18.0 Å². The molecule has 56 heavy (non-hydrogen) atoms. The fraction of sp³-hybridized carbons (Fsp3) is 0.700. The fourth-order valence-corrected chi connectivity index (χ4v) is 6.84. The van der Waals surface area contributed by atoms with Crippen LogP contribution in [0.5, 0.6) is 0 Å². The van der Waals surface area contributed by atoms with Crippen LogP contribution in [0.15, 0.2) is 60.7 Å². The van der Waals surface area contributed by atoms with Crippen molar-refractivity contribution in [2.24, 2.45) is 0 Å². The van der Waals surface area contributed by atoms with Crippen LogP contribution in [0.2, 0.25) is 0 Å². The minimum Gasteiger partial charge on any atom is -0.481 e. The normalized spacial score (nSPS) is 11.2. The van der Waals surface area contributed by atoms with Crippen molar-refractivity contribution in [1.29, 1.82) is 0 Å². The molecule has 2 aromatic rings. The Bertz CT molecular complexity index is 1090. The summed E-state index contributed by atoms with van der Waals surface area (Å²) in [5.74, 6) is -1.58. The number of unbranched alkanes of at least 4 members (excludes halogenated alkanes) is 28. The lowest BCUT2D eigenvalue weighted by molar-refractivity contribution is -0.138. The molecule has 0 fully saturated rings. The zero-order valence-electron chi connectivity index (χ0n) is 36.0. The second kappa shape index (κ2) is 41.6. The molecule has 0 aliphatic carbocycles. The zero-order valence-corrected chi connectivity index (χ0v) is 36.0. The van der Waals surface area contributed by atoms with Crippen LogP contribution in [0, 0.1) is 0 Å². The topological polar surface area (TPSA) is 112 Å². The smallest absolute Gasteiger partial charge is 0.303 e. The summed E-state index contributed by atoms with van der Waals surface area (Å²) in [6, 6.07) is 17.7. The Labute approximate surface area is 343 Å². The van der Waals surface area contributed by atoms with Crippen molar-refractivity contribution in [1.82, 2.24) is 0 Å². The monoisotopic (exact) mass is 781 g/mol. The van der Waals surface area contributed by atoms with Crippen molar-refractivity contribution >= 4 is 17.7 Å². The number of carbonyl (C=O) groups is 3. The average Bonchev–Trinajstić information content (AvgIpc) is 3.21. The molecule has 2 rings (SSSR count). The Morgan fingerprint density at radius 1 is 0.393 bits per heavy atom. The number of carboxylic acids is 2. The number of aliphatic hydroxyl groups is 1. The first kappa shape index (κ1) is 53.0. The summed E-state index contributed by atoms with van der Waals surface area (Å²) in [4.78, 5) is 32.6. The van der Waals surface area contributed by atoms with E-state index >= 15 is 0 Å². The van der Waals surface area contributed by atoms with Crippen LogP contribution < -0.4 is 0 Å². The van der Waals surface area contributed by atoms with Gasteiger partial charge < -0.3 is 15.3 Å². The summed E-state index contributed by atoms with van der Waals surface area (Å²) in [5, 5.41) is 26.9. The van der Waals surface area contributed by atoms with Gasteiger partial charge in [0.15, 0.2) is 5.78 Å². The van der Waals surface area contributed by atoms with Crippen LogP contribution >= 0.6 is 0 Å². The Morgan fingerprint density at radius 2 is 0.643 bits per heavy atom. The molecule has 0 amide bonds. The molecule has 6 heteroatoms. The third-order valence-electron chi connectivity index (χ3n) is 10.4. The maximum Gasteiger partial charge on any atom is 0.303 e. The molecule has 320 valence electrons. The molecule has 2 aromatic carbocycles. The van der Waals surface area contributed by atoms with Crippen molar-refractivity contribution < 1.29 is 29.7 Å². The van der Waals surface area contributed by atoms with Gasteiger partial charge in [0.25, 0.3) is 0 Å². The maximum absolute atomic E-state index is 11.9. The average molecular weight is 781 g/mol. The number of hydrogen-bond acceptors (Lipinski definition) is 4. The van der Waals surface area contributed by atoms with Gasteiger partial charge in [-0.25, -0.2) is 0 Å². The molecule has 0 aliphatic rings. The van der Waals surface area contributed by atoms with Crippen LogP contribution in [0.1, 0.15) is 241 Å². The van der Waals surface area contributed by atoms with Crippen molar-refractivity contribution in [2.45, 2.75) is 225 Å². The Hall–Kier alpha value is -2.99. The first-order valence-corrected chi connectivity index (χ1v) is 23.1. The highest BCUT2D eigenvalue weighted by molar-refractivity contribution is 5.99. The minimum absolute atomic E-state index is 0.271. The SMILES string of the molecule is CCCCCCCCCCCCCCCCCC(=O)O.CCCCCCCCCCCCCCCCCC(=O)O.O=C(c1ccccc1)C(O)c1ccccc1. The van der Waals surface area contributed by atoms with Gasteiger partial charge in [-0.1, -0.05) is 254 Å². The number of aliphatic carboxylic acids is 2.